The summed E-state index contributed by atoms with van der Waals surface area (Å²) < 4.78 is 5.40. The number of nitrogens with zero attached hydrogens (tertiary/aromatic N) is 2. The van der Waals surface area contributed by atoms with Crippen LogP contribution in [0, 0.1) is 0 Å². The Morgan fingerprint density at radius 1 is 1.72 bits per heavy atom. The number of hydrogen-bond donors (Lipinski definition) is 1. The number of hydrogen-bond acceptors (Lipinski definition) is 5. The first-order chi connectivity index (χ1) is 8.76. The van der Waals surface area contributed by atoms with Gasteiger partial charge in [-0.2, -0.15) is 0 Å². The molecular formula is C12H19N3O2S. The molecular weight excluding hydrogens is 250 g/mol. The molecule has 1 aliphatic rings. The highest BCUT2D eigenvalue weighted by atomic mass is 32.1. The van der Waals surface area contributed by atoms with Crippen molar-refractivity contribution in [2.75, 3.05) is 26.3 Å². The molecule has 100 valence electrons. The third-order valence-electron chi connectivity index (χ3n) is 3.09. The second-order valence-electron chi connectivity index (χ2n) is 4.30. The molecule has 1 saturated heterocycles. The number of carbonyl (C=O) groups is 1. The van der Waals surface area contributed by atoms with E-state index in [9.17, 15) is 4.79 Å². The van der Waals surface area contributed by atoms with Crippen LogP contribution in [0.2, 0.25) is 0 Å². The van der Waals surface area contributed by atoms with Crippen LogP contribution in [-0.4, -0.2) is 48.1 Å². The fourth-order valence-corrected chi connectivity index (χ4v) is 2.84. The summed E-state index contributed by atoms with van der Waals surface area (Å²) in [5.41, 5.74) is 6.03. The number of carbonyl (C=O) groups excluding carboxylic acids is 1. The quantitative estimate of drug-likeness (QED) is 0.881. The molecule has 0 saturated carbocycles. The van der Waals surface area contributed by atoms with Gasteiger partial charge >= 0.3 is 0 Å². The third kappa shape index (κ3) is 2.88. The second kappa shape index (κ2) is 6.26. The van der Waals surface area contributed by atoms with Gasteiger partial charge in [0.25, 0.3) is 5.91 Å². The molecule has 0 radical (unpaired) electrons. The smallest absolute Gasteiger partial charge is 0.273 e. The standard InChI is InChI=1S/C12H19N3O2S/c1-2-9-7-17-6-5-15(9)12(16)10-8-18-11(14-10)3-4-13/h8-9H,2-7,13H2,1H3/t9-/m0/s1. The minimum atomic E-state index is 0.0182. The minimum absolute atomic E-state index is 0.0182. The molecule has 1 aromatic rings. The minimum Gasteiger partial charge on any atom is -0.377 e. The molecule has 5 nitrogen and oxygen atoms in total. The van der Waals surface area contributed by atoms with E-state index in [-0.39, 0.29) is 11.9 Å². The first kappa shape index (κ1) is 13.5. The number of ether oxygens (including phenoxy) is 1. The van der Waals surface area contributed by atoms with Crippen LogP contribution in [0.4, 0.5) is 0 Å². The molecule has 18 heavy (non-hydrogen) atoms. The molecule has 1 amide bonds. The topological polar surface area (TPSA) is 68.5 Å². The molecule has 0 aromatic carbocycles. The van der Waals surface area contributed by atoms with Crippen LogP contribution in [0.25, 0.3) is 0 Å². The van der Waals surface area contributed by atoms with Crippen LogP contribution in [0.5, 0.6) is 0 Å². The Labute approximate surface area is 111 Å². The normalized spacial score (nSPS) is 20.1. The zero-order valence-electron chi connectivity index (χ0n) is 10.6. The number of rotatable bonds is 4. The summed E-state index contributed by atoms with van der Waals surface area (Å²) in [4.78, 5) is 18.6. The van der Waals surface area contributed by atoms with Gasteiger partial charge in [-0.25, -0.2) is 4.98 Å². The third-order valence-corrected chi connectivity index (χ3v) is 4.00. The van der Waals surface area contributed by atoms with Crippen molar-refractivity contribution >= 4 is 17.2 Å². The zero-order chi connectivity index (χ0) is 13.0. The summed E-state index contributed by atoms with van der Waals surface area (Å²) in [5, 5.41) is 2.76. The van der Waals surface area contributed by atoms with Gasteiger partial charge in [0.1, 0.15) is 5.69 Å². The largest absolute Gasteiger partial charge is 0.377 e. The maximum Gasteiger partial charge on any atom is 0.273 e. The van der Waals surface area contributed by atoms with Crippen LogP contribution in [0.3, 0.4) is 0 Å². The highest BCUT2D eigenvalue weighted by Crippen LogP contribution is 2.17. The van der Waals surface area contributed by atoms with Crippen LogP contribution in [0.1, 0.15) is 28.8 Å². The summed E-state index contributed by atoms with van der Waals surface area (Å²) in [7, 11) is 0. The predicted octanol–water partition coefficient (Wildman–Crippen LogP) is 0.895. The average molecular weight is 269 g/mol. The Kier molecular flexibility index (Phi) is 4.68. The summed E-state index contributed by atoms with van der Waals surface area (Å²) >= 11 is 1.51. The van der Waals surface area contributed by atoms with E-state index in [1.54, 1.807) is 0 Å². The SMILES string of the molecule is CC[C@H]1COCCN1C(=O)c1csc(CCN)n1. The molecule has 0 unspecified atom stereocenters. The molecule has 6 heteroatoms. The molecule has 1 aliphatic heterocycles. The van der Waals surface area contributed by atoms with Gasteiger partial charge in [-0.3, -0.25) is 4.79 Å². The van der Waals surface area contributed by atoms with Crippen LogP contribution in [-0.2, 0) is 11.2 Å². The maximum absolute atomic E-state index is 12.4. The Hall–Kier alpha value is -0.980. The summed E-state index contributed by atoms with van der Waals surface area (Å²) in [6.45, 7) is 4.53. The fraction of sp³-hybridized carbons (Fsp3) is 0.667. The van der Waals surface area contributed by atoms with Crippen LogP contribution < -0.4 is 5.73 Å². The molecule has 2 rings (SSSR count). The number of morpholine rings is 1. The monoisotopic (exact) mass is 269 g/mol. The molecule has 0 bridgehead atoms. The number of thiazole rings is 1. The van der Waals surface area contributed by atoms with Gasteiger partial charge in [0.2, 0.25) is 0 Å². The van der Waals surface area contributed by atoms with E-state index in [2.05, 4.69) is 11.9 Å². The van der Waals surface area contributed by atoms with Crippen molar-refractivity contribution in [1.82, 2.24) is 9.88 Å². The fourth-order valence-electron chi connectivity index (χ4n) is 2.05. The van der Waals surface area contributed by atoms with Crippen molar-refractivity contribution < 1.29 is 9.53 Å². The van der Waals surface area contributed by atoms with Crippen molar-refractivity contribution in [1.29, 1.82) is 0 Å². The van der Waals surface area contributed by atoms with Crippen molar-refractivity contribution in [3.63, 3.8) is 0 Å². The lowest BCUT2D eigenvalue weighted by Gasteiger charge is -2.34. The van der Waals surface area contributed by atoms with Crippen molar-refractivity contribution in [3.05, 3.63) is 16.1 Å². The first-order valence-electron chi connectivity index (χ1n) is 6.29. The van der Waals surface area contributed by atoms with Gasteiger partial charge in [0.05, 0.1) is 24.3 Å². The van der Waals surface area contributed by atoms with Crippen LogP contribution in [0.15, 0.2) is 5.38 Å². The van der Waals surface area contributed by atoms with E-state index in [0.29, 0.717) is 32.0 Å². The zero-order valence-corrected chi connectivity index (χ0v) is 11.4. The summed E-state index contributed by atoms with van der Waals surface area (Å²) in [6.07, 6.45) is 1.64. The van der Waals surface area contributed by atoms with Crippen molar-refractivity contribution in [2.24, 2.45) is 5.73 Å². The Bertz CT molecular complexity index is 408. The van der Waals surface area contributed by atoms with Crippen LogP contribution >= 0.6 is 11.3 Å². The highest BCUT2D eigenvalue weighted by molar-refractivity contribution is 7.09. The van der Waals surface area contributed by atoms with E-state index in [1.165, 1.54) is 11.3 Å². The lowest BCUT2D eigenvalue weighted by molar-refractivity contribution is -0.00307. The van der Waals surface area contributed by atoms with E-state index in [4.69, 9.17) is 10.5 Å². The molecule has 2 N–H and O–H groups in total. The first-order valence-corrected chi connectivity index (χ1v) is 7.17. The van der Waals surface area contributed by atoms with E-state index in [1.807, 2.05) is 10.3 Å². The van der Waals surface area contributed by atoms with Gasteiger partial charge in [-0.15, -0.1) is 11.3 Å². The Balaban J connectivity index is 2.08. The Morgan fingerprint density at radius 2 is 2.56 bits per heavy atom. The predicted molar refractivity (Wildman–Crippen MR) is 70.8 cm³/mol. The van der Waals surface area contributed by atoms with Crippen molar-refractivity contribution in [2.45, 2.75) is 25.8 Å². The molecule has 0 aliphatic carbocycles. The summed E-state index contributed by atoms with van der Waals surface area (Å²) in [5.74, 6) is 0.0182. The Morgan fingerprint density at radius 3 is 3.28 bits per heavy atom. The van der Waals surface area contributed by atoms with Gasteiger partial charge < -0.3 is 15.4 Å². The van der Waals surface area contributed by atoms with Gasteiger partial charge in [-0.05, 0) is 13.0 Å². The van der Waals surface area contributed by atoms with Crippen molar-refractivity contribution in [3.8, 4) is 0 Å². The maximum atomic E-state index is 12.4. The molecule has 1 atom stereocenters. The average Bonchev–Trinajstić information content (AvgIpc) is 2.87. The number of amides is 1. The number of aromatic nitrogens is 1. The molecule has 2 heterocycles. The number of nitrogens with two attached hydrogens (primary N) is 1. The second-order valence-corrected chi connectivity index (χ2v) is 5.24. The molecule has 1 fully saturated rings. The van der Waals surface area contributed by atoms with E-state index >= 15 is 0 Å². The van der Waals surface area contributed by atoms with Gasteiger partial charge in [0, 0.05) is 18.3 Å². The van der Waals surface area contributed by atoms with E-state index < -0.39 is 0 Å². The lowest BCUT2D eigenvalue weighted by Crippen LogP contribution is -2.48. The highest BCUT2D eigenvalue weighted by Gasteiger charge is 2.28. The van der Waals surface area contributed by atoms with Gasteiger partial charge in [0.15, 0.2) is 0 Å². The van der Waals surface area contributed by atoms with E-state index in [0.717, 1.165) is 17.8 Å². The lowest BCUT2D eigenvalue weighted by atomic mass is 10.1. The summed E-state index contributed by atoms with van der Waals surface area (Å²) in [6, 6.07) is 0.172. The molecule has 1 aromatic heterocycles. The molecule has 0 spiro atoms. The van der Waals surface area contributed by atoms with Gasteiger partial charge in [-0.1, -0.05) is 6.92 Å².